The van der Waals surface area contributed by atoms with E-state index in [4.69, 9.17) is 4.98 Å². The zero-order chi connectivity index (χ0) is 12.5. The Balaban J connectivity index is 1.92. The molecule has 0 saturated heterocycles. The van der Waals surface area contributed by atoms with Gasteiger partial charge in [-0.15, -0.1) is 0 Å². The lowest BCUT2D eigenvalue weighted by Gasteiger charge is -2.15. The highest BCUT2D eigenvalue weighted by atomic mass is 32.1. The Morgan fingerprint density at radius 1 is 1.33 bits per heavy atom. The number of hydrogen-bond acceptors (Lipinski definition) is 4. The number of aliphatic hydroxyl groups excluding tert-OH is 1. The lowest BCUT2D eigenvalue weighted by atomic mass is 10.2. The highest BCUT2D eigenvalue weighted by Crippen LogP contribution is 2.44. The van der Waals surface area contributed by atoms with Gasteiger partial charge in [0.1, 0.15) is 0 Å². The van der Waals surface area contributed by atoms with Crippen LogP contribution in [0.25, 0.3) is 0 Å². The molecular weight excluding hydrogens is 244 g/mol. The van der Waals surface area contributed by atoms with Crippen LogP contribution < -0.4 is 4.90 Å². The van der Waals surface area contributed by atoms with Crippen molar-refractivity contribution < 1.29 is 5.11 Å². The van der Waals surface area contributed by atoms with Crippen molar-refractivity contribution in [1.82, 2.24) is 4.98 Å². The van der Waals surface area contributed by atoms with Crippen LogP contribution in [0.15, 0.2) is 30.3 Å². The Kier molecular flexibility index (Phi) is 3.06. The summed E-state index contributed by atoms with van der Waals surface area (Å²) >= 11 is 1.60. The van der Waals surface area contributed by atoms with Gasteiger partial charge in [0.2, 0.25) is 0 Å². The largest absolute Gasteiger partial charge is 0.391 e. The van der Waals surface area contributed by atoms with Gasteiger partial charge in [-0.1, -0.05) is 29.5 Å². The van der Waals surface area contributed by atoms with Crippen LogP contribution in [-0.2, 0) is 6.61 Å². The number of benzene rings is 1. The van der Waals surface area contributed by atoms with Gasteiger partial charge in [-0.2, -0.15) is 0 Å². The van der Waals surface area contributed by atoms with Crippen LogP contribution in [0.5, 0.6) is 0 Å². The quantitative estimate of drug-likeness (QED) is 0.916. The van der Waals surface area contributed by atoms with Gasteiger partial charge in [0, 0.05) is 18.7 Å². The van der Waals surface area contributed by atoms with Crippen LogP contribution >= 0.6 is 11.3 Å². The van der Waals surface area contributed by atoms with Crippen molar-refractivity contribution in [1.29, 1.82) is 0 Å². The summed E-state index contributed by atoms with van der Waals surface area (Å²) in [6.45, 7) is 0.103. The monoisotopic (exact) mass is 260 g/mol. The molecular formula is C14H16N2OS. The van der Waals surface area contributed by atoms with E-state index in [0.29, 0.717) is 5.92 Å². The molecule has 18 heavy (non-hydrogen) atoms. The van der Waals surface area contributed by atoms with Gasteiger partial charge in [-0.3, -0.25) is 0 Å². The van der Waals surface area contributed by atoms with Gasteiger partial charge in [0.15, 0.2) is 5.13 Å². The number of para-hydroxylation sites is 1. The molecule has 1 heterocycles. The maximum atomic E-state index is 9.41. The van der Waals surface area contributed by atoms with Gasteiger partial charge in [0.25, 0.3) is 0 Å². The number of rotatable bonds is 4. The number of thiazole rings is 1. The van der Waals surface area contributed by atoms with Gasteiger partial charge < -0.3 is 10.0 Å². The summed E-state index contributed by atoms with van der Waals surface area (Å²) in [5, 5.41) is 10.4. The van der Waals surface area contributed by atoms with Crippen LogP contribution in [-0.4, -0.2) is 17.1 Å². The van der Waals surface area contributed by atoms with Crippen molar-refractivity contribution in [3.8, 4) is 0 Å². The second-order valence-corrected chi connectivity index (χ2v) is 5.69. The first-order valence-electron chi connectivity index (χ1n) is 6.19. The summed E-state index contributed by atoms with van der Waals surface area (Å²) in [5.74, 6) is 0.585. The fraction of sp³-hybridized carbons (Fsp3) is 0.357. The van der Waals surface area contributed by atoms with Crippen molar-refractivity contribution >= 4 is 22.2 Å². The average Bonchev–Trinajstić information content (AvgIpc) is 3.18. The fourth-order valence-corrected chi connectivity index (χ4v) is 3.03. The highest BCUT2D eigenvalue weighted by Gasteiger charge is 2.30. The Bertz CT molecular complexity index is 534. The van der Waals surface area contributed by atoms with Crippen molar-refractivity contribution in [2.75, 3.05) is 11.9 Å². The van der Waals surface area contributed by atoms with E-state index in [-0.39, 0.29) is 6.61 Å². The molecule has 0 aliphatic heterocycles. The van der Waals surface area contributed by atoms with E-state index >= 15 is 0 Å². The molecule has 0 radical (unpaired) electrons. The first-order valence-corrected chi connectivity index (χ1v) is 7.00. The molecule has 1 aromatic carbocycles. The van der Waals surface area contributed by atoms with Crippen molar-refractivity contribution in [2.24, 2.45) is 0 Å². The van der Waals surface area contributed by atoms with Crippen LogP contribution in [0.4, 0.5) is 10.8 Å². The predicted molar refractivity (Wildman–Crippen MR) is 74.5 cm³/mol. The van der Waals surface area contributed by atoms with E-state index in [1.54, 1.807) is 11.3 Å². The van der Waals surface area contributed by atoms with Crippen LogP contribution in [0.1, 0.15) is 29.3 Å². The number of anilines is 2. The zero-order valence-corrected chi connectivity index (χ0v) is 11.2. The smallest absolute Gasteiger partial charge is 0.190 e. The maximum absolute atomic E-state index is 9.41. The molecule has 0 amide bonds. The molecule has 1 aliphatic rings. The molecule has 0 bridgehead atoms. The number of aromatic nitrogens is 1. The maximum Gasteiger partial charge on any atom is 0.190 e. The minimum absolute atomic E-state index is 0.103. The van der Waals surface area contributed by atoms with Gasteiger partial charge in [-0.05, 0) is 25.0 Å². The third kappa shape index (κ3) is 2.13. The van der Waals surface area contributed by atoms with E-state index in [2.05, 4.69) is 17.0 Å². The van der Waals surface area contributed by atoms with Gasteiger partial charge >= 0.3 is 0 Å². The standard InChI is InChI=1S/C14H16N2OS/c1-16(11-5-3-2-4-6-11)14-15-13(10-7-8-10)12(9-17)18-14/h2-6,10,17H,7-9H2,1H3. The van der Waals surface area contributed by atoms with Crippen LogP contribution in [0, 0.1) is 0 Å². The SMILES string of the molecule is CN(c1ccccc1)c1nc(C2CC2)c(CO)s1. The number of hydrogen-bond donors (Lipinski definition) is 1. The van der Waals surface area contributed by atoms with E-state index in [9.17, 15) is 5.11 Å². The van der Waals surface area contributed by atoms with Crippen LogP contribution in [0.2, 0.25) is 0 Å². The molecule has 4 heteroatoms. The molecule has 1 aliphatic carbocycles. The molecule has 1 saturated carbocycles. The molecule has 94 valence electrons. The molecule has 1 fully saturated rings. The fourth-order valence-electron chi connectivity index (χ4n) is 2.05. The first kappa shape index (κ1) is 11.7. The van der Waals surface area contributed by atoms with E-state index in [1.807, 2.05) is 25.2 Å². The molecule has 1 N–H and O–H groups in total. The van der Waals surface area contributed by atoms with Gasteiger partial charge in [-0.25, -0.2) is 4.98 Å². The Labute approximate surface area is 111 Å². The van der Waals surface area contributed by atoms with Crippen molar-refractivity contribution in [3.63, 3.8) is 0 Å². The number of aliphatic hydroxyl groups is 1. The Morgan fingerprint density at radius 2 is 2.06 bits per heavy atom. The second kappa shape index (κ2) is 4.71. The Morgan fingerprint density at radius 3 is 2.67 bits per heavy atom. The van der Waals surface area contributed by atoms with Crippen LogP contribution in [0.3, 0.4) is 0 Å². The van der Waals surface area contributed by atoms with Crippen molar-refractivity contribution in [3.05, 3.63) is 40.9 Å². The average molecular weight is 260 g/mol. The van der Waals surface area contributed by atoms with E-state index in [0.717, 1.165) is 21.4 Å². The highest BCUT2D eigenvalue weighted by molar-refractivity contribution is 7.15. The summed E-state index contributed by atoms with van der Waals surface area (Å²) in [7, 11) is 2.02. The minimum Gasteiger partial charge on any atom is -0.391 e. The summed E-state index contributed by atoms with van der Waals surface area (Å²) in [5.41, 5.74) is 2.23. The van der Waals surface area contributed by atoms with E-state index in [1.165, 1.54) is 12.8 Å². The molecule has 3 rings (SSSR count). The molecule has 0 unspecified atom stereocenters. The normalized spacial score (nSPS) is 14.8. The summed E-state index contributed by atoms with van der Waals surface area (Å²) < 4.78 is 0. The number of nitrogens with zero attached hydrogens (tertiary/aromatic N) is 2. The minimum atomic E-state index is 0.103. The molecule has 1 aromatic heterocycles. The lowest BCUT2D eigenvalue weighted by Crippen LogP contribution is -2.08. The molecule has 0 atom stereocenters. The first-order chi connectivity index (χ1) is 8.79. The third-order valence-corrected chi connectivity index (χ3v) is 4.39. The Hall–Kier alpha value is -1.39. The van der Waals surface area contributed by atoms with Crippen molar-refractivity contribution in [2.45, 2.75) is 25.4 Å². The summed E-state index contributed by atoms with van der Waals surface area (Å²) in [6.07, 6.45) is 2.43. The molecule has 0 spiro atoms. The van der Waals surface area contributed by atoms with Gasteiger partial charge in [0.05, 0.1) is 17.2 Å². The zero-order valence-electron chi connectivity index (χ0n) is 10.3. The molecule has 2 aromatic rings. The molecule has 3 nitrogen and oxygen atoms in total. The van der Waals surface area contributed by atoms with E-state index < -0.39 is 0 Å². The lowest BCUT2D eigenvalue weighted by molar-refractivity contribution is 0.284. The topological polar surface area (TPSA) is 36.4 Å². The second-order valence-electron chi connectivity index (χ2n) is 4.63. The third-order valence-electron chi connectivity index (χ3n) is 3.25. The predicted octanol–water partition coefficient (Wildman–Crippen LogP) is 3.28. The summed E-state index contributed by atoms with van der Waals surface area (Å²) in [6, 6.07) is 10.2. The summed E-state index contributed by atoms with van der Waals surface area (Å²) in [4.78, 5) is 7.81.